The van der Waals surface area contributed by atoms with Crippen LogP contribution in [0.3, 0.4) is 0 Å². The highest BCUT2D eigenvalue weighted by molar-refractivity contribution is 6.41. The molecule has 3 aromatic rings. The number of Topliss-reactive ketones (excluding diaryl/α,β-unsaturated/α-hetero) is 4. The topological polar surface area (TPSA) is 68.3 Å². The van der Waals surface area contributed by atoms with Crippen LogP contribution in [0.2, 0.25) is 0 Å². The van der Waals surface area contributed by atoms with Gasteiger partial charge < -0.3 is 0 Å². The Bertz CT molecular complexity index is 1380. The van der Waals surface area contributed by atoms with Crippen LogP contribution in [0.25, 0.3) is 10.8 Å². The van der Waals surface area contributed by atoms with E-state index in [1.807, 2.05) is 24.3 Å². The molecule has 0 amide bonds. The van der Waals surface area contributed by atoms with E-state index >= 15 is 0 Å². The highest BCUT2D eigenvalue weighted by atomic mass is 35.5. The van der Waals surface area contributed by atoms with E-state index in [0.29, 0.717) is 27.3 Å². The minimum atomic E-state index is -0.341. The number of carbonyl (C=O) groups excluding carboxylic acids is 4. The van der Waals surface area contributed by atoms with Gasteiger partial charge in [0.1, 0.15) is 0 Å². The summed E-state index contributed by atoms with van der Waals surface area (Å²) in [5.74, 6) is -1.33. The molecule has 0 fully saturated rings. The van der Waals surface area contributed by atoms with E-state index in [0.717, 1.165) is 10.8 Å². The second-order valence-electron chi connectivity index (χ2n) is 7.62. The molecule has 32 heavy (non-hydrogen) atoms. The van der Waals surface area contributed by atoms with E-state index in [1.54, 1.807) is 36.4 Å². The van der Waals surface area contributed by atoms with E-state index in [9.17, 15) is 19.2 Å². The summed E-state index contributed by atoms with van der Waals surface area (Å²) in [5.41, 5.74) is 1.66. The molecule has 0 unspecified atom stereocenters. The van der Waals surface area contributed by atoms with E-state index in [1.165, 1.54) is 18.2 Å². The maximum atomic E-state index is 12.8. The molecule has 154 valence electrons. The largest absolute Gasteiger partial charge is 0.288 e. The van der Waals surface area contributed by atoms with Crippen molar-refractivity contribution in [1.82, 2.24) is 0 Å². The van der Waals surface area contributed by atoms with Crippen molar-refractivity contribution in [3.63, 3.8) is 0 Å². The molecule has 0 heterocycles. The number of hydrogen-bond acceptors (Lipinski definition) is 4. The SMILES string of the molecule is O=C1C(=CCC(Cl)=CC=C2C(=O)c3cc4ccccc4cc3C2=O)C(=O)c2ccccc21. The smallest absolute Gasteiger partial charge is 0.197 e. The second kappa shape index (κ2) is 7.66. The molecule has 0 radical (unpaired) electrons. The first kappa shape index (κ1) is 20.0. The predicted molar refractivity (Wildman–Crippen MR) is 122 cm³/mol. The summed E-state index contributed by atoms with van der Waals surface area (Å²) in [6, 6.07) is 17.7. The van der Waals surface area contributed by atoms with Crippen molar-refractivity contribution in [2.75, 3.05) is 0 Å². The van der Waals surface area contributed by atoms with E-state index in [2.05, 4.69) is 0 Å². The Balaban J connectivity index is 1.39. The lowest BCUT2D eigenvalue weighted by atomic mass is 10.0. The third-order valence-electron chi connectivity index (χ3n) is 5.70. The lowest BCUT2D eigenvalue weighted by Crippen LogP contribution is -2.00. The van der Waals surface area contributed by atoms with Crippen molar-refractivity contribution in [2.24, 2.45) is 0 Å². The molecule has 3 aromatic carbocycles. The van der Waals surface area contributed by atoms with Gasteiger partial charge >= 0.3 is 0 Å². The van der Waals surface area contributed by atoms with Gasteiger partial charge in [0, 0.05) is 33.7 Å². The number of carbonyl (C=O) groups is 4. The molecular weight excluding hydrogens is 424 g/mol. The predicted octanol–water partition coefficient (Wildman–Crippen LogP) is 5.66. The molecular formula is C27H15ClO4. The fourth-order valence-corrected chi connectivity index (χ4v) is 4.20. The Labute approximate surface area is 188 Å². The van der Waals surface area contributed by atoms with Crippen molar-refractivity contribution >= 4 is 45.5 Å². The number of allylic oxidation sites excluding steroid dienone is 6. The standard InChI is InChI=1S/C27H15ClO4/c28-17(9-11-20-24(29)18-7-3-4-8-19(18)25(20)30)10-12-21-26(31)22-13-15-5-1-2-6-16(15)14-23(22)27(21)32/h1-8,10-14H,9H2. The zero-order valence-electron chi connectivity index (χ0n) is 16.7. The molecule has 0 spiro atoms. The van der Waals surface area contributed by atoms with Gasteiger partial charge in [-0.2, -0.15) is 0 Å². The first-order valence-corrected chi connectivity index (χ1v) is 10.4. The molecule has 0 bridgehead atoms. The quantitative estimate of drug-likeness (QED) is 0.390. The van der Waals surface area contributed by atoms with Gasteiger partial charge in [-0.05, 0) is 35.1 Å². The van der Waals surface area contributed by atoms with E-state index in [-0.39, 0.29) is 40.7 Å². The Kier molecular flexibility index (Phi) is 4.80. The van der Waals surface area contributed by atoms with Gasteiger partial charge in [0.2, 0.25) is 0 Å². The average Bonchev–Trinajstić information content (AvgIpc) is 3.19. The Morgan fingerprint density at radius 3 is 1.66 bits per heavy atom. The molecule has 5 rings (SSSR count). The molecule has 5 heteroatoms. The van der Waals surface area contributed by atoms with Gasteiger partial charge in [0.25, 0.3) is 0 Å². The second-order valence-corrected chi connectivity index (χ2v) is 8.11. The van der Waals surface area contributed by atoms with Crippen LogP contribution in [0, 0.1) is 0 Å². The summed E-state index contributed by atoms with van der Waals surface area (Å²) in [6.07, 6.45) is 4.49. The average molecular weight is 439 g/mol. The van der Waals surface area contributed by atoms with Crippen molar-refractivity contribution in [2.45, 2.75) is 6.42 Å². The minimum absolute atomic E-state index is 0.0431. The van der Waals surface area contributed by atoms with E-state index < -0.39 is 0 Å². The molecule has 2 aliphatic rings. The third kappa shape index (κ3) is 3.17. The monoisotopic (exact) mass is 438 g/mol. The zero-order chi connectivity index (χ0) is 22.4. The summed E-state index contributed by atoms with van der Waals surface area (Å²) in [6.45, 7) is 0. The first-order chi connectivity index (χ1) is 15.5. The van der Waals surface area contributed by atoms with E-state index in [4.69, 9.17) is 11.6 Å². The van der Waals surface area contributed by atoms with Crippen LogP contribution < -0.4 is 0 Å². The van der Waals surface area contributed by atoms with Crippen LogP contribution >= 0.6 is 11.6 Å². The maximum absolute atomic E-state index is 12.8. The third-order valence-corrected chi connectivity index (χ3v) is 5.98. The molecule has 0 atom stereocenters. The number of fused-ring (bicyclic) bond motifs is 3. The first-order valence-electron chi connectivity index (χ1n) is 10.0. The fourth-order valence-electron chi connectivity index (χ4n) is 4.06. The molecule has 0 saturated heterocycles. The Hall–Kier alpha value is -3.89. The molecule has 0 saturated carbocycles. The zero-order valence-corrected chi connectivity index (χ0v) is 17.5. The normalized spacial score (nSPS) is 15.5. The fraction of sp³-hybridized carbons (Fsp3) is 0.0370. The van der Waals surface area contributed by atoms with Gasteiger partial charge in [-0.1, -0.05) is 66.2 Å². The number of hydrogen-bond donors (Lipinski definition) is 0. The van der Waals surface area contributed by atoms with Crippen molar-refractivity contribution in [3.8, 4) is 0 Å². The Morgan fingerprint density at radius 2 is 1.12 bits per heavy atom. The molecule has 4 nitrogen and oxygen atoms in total. The maximum Gasteiger partial charge on any atom is 0.197 e. The van der Waals surface area contributed by atoms with Crippen LogP contribution in [0.1, 0.15) is 47.9 Å². The summed E-state index contributed by atoms with van der Waals surface area (Å²) >= 11 is 6.26. The van der Waals surface area contributed by atoms with Crippen LogP contribution in [0.15, 0.2) is 95.1 Å². The molecule has 0 N–H and O–H groups in total. The molecule has 0 aliphatic heterocycles. The summed E-state index contributed by atoms with van der Waals surface area (Å²) < 4.78 is 0. The van der Waals surface area contributed by atoms with Crippen LogP contribution in [-0.2, 0) is 0 Å². The van der Waals surface area contributed by atoms with Crippen molar-refractivity contribution < 1.29 is 19.2 Å². The van der Waals surface area contributed by atoms with Gasteiger partial charge in [0.15, 0.2) is 23.1 Å². The lowest BCUT2D eigenvalue weighted by Gasteiger charge is -2.00. The van der Waals surface area contributed by atoms with Crippen LogP contribution in [-0.4, -0.2) is 23.1 Å². The molecule has 0 aromatic heterocycles. The number of ketones is 4. The van der Waals surface area contributed by atoms with Gasteiger partial charge in [-0.25, -0.2) is 0 Å². The Morgan fingerprint density at radius 1 is 0.656 bits per heavy atom. The summed E-state index contributed by atoms with van der Waals surface area (Å²) in [5, 5.41) is 2.07. The van der Waals surface area contributed by atoms with Gasteiger partial charge in [-0.15, -0.1) is 0 Å². The lowest BCUT2D eigenvalue weighted by molar-refractivity contribution is 0.0973. The van der Waals surface area contributed by atoms with Crippen molar-refractivity contribution in [1.29, 1.82) is 0 Å². The van der Waals surface area contributed by atoms with Crippen LogP contribution in [0.4, 0.5) is 0 Å². The summed E-state index contributed by atoms with van der Waals surface area (Å²) in [7, 11) is 0. The van der Waals surface area contributed by atoms with Gasteiger partial charge in [-0.3, -0.25) is 19.2 Å². The highest BCUT2D eigenvalue weighted by Gasteiger charge is 2.33. The van der Waals surface area contributed by atoms with Crippen LogP contribution in [0.5, 0.6) is 0 Å². The minimum Gasteiger partial charge on any atom is -0.288 e. The number of halogens is 1. The van der Waals surface area contributed by atoms with Crippen molar-refractivity contribution in [3.05, 3.63) is 117 Å². The number of benzene rings is 3. The summed E-state index contributed by atoms with van der Waals surface area (Å²) in [4.78, 5) is 50.4. The number of rotatable bonds is 3. The highest BCUT2D eigenvalue weighted by Crippen LogP contribution is 2.31. The molecule has 2 aliphatic carbocycles. The van der Waals surface area contributed by atoms with Gasteiger partial charge in [0.05, 0.1) is 11.1 Å².